The van der Waals surface area contributed by atoms with E-state index in [4.69, 9.17) is 0 Å². The van der Waals surface area contributed by atoms with E-state index in [1.165, 1.54) is 39.9 Å². The molecule has 0 aliphatic rings. The first kappa shape index (κ1) is 16.5. The number of hydrogen-bond donors (Lipinski definition) is 0. The van der Waals surface area contributed by atoms with Crippen LogP contribution < -0.4 is 0 Å². The predicted octanol–water partition coefficient (Wildman–Crippen LogP) is 5.82. The van der Waals surface area contributed by atoms with Crippen LogP contribution in [-0.4, -0.2) is 9.55 Å². The second-order valence-corrected chi connectivity index (χ2v) is 6.85. The van der Waals surface area contributed by atoms with Gasteiger partial charge in [-0.2, -0.15) is 0 Å². The predicted molar refractivity (Wildman–Crippen MR) is 105 cm³/mol. The van der Waals surface area contributed by atoms with Crippen LogP contribution in [0, 0.1) is 26.6 Å². The van der Waals surface area contributed by atoms with Crippen LogP contribution in [0.3, 0.4) is 0 Å². The van der Waals surface area contributed by atoms with Gasteiger partial charge in [-0.1, -0.05) is 29.8 Å². The number of aromatic nitrogens is 2. The molecule has 0 atom stereocenters. The minimum atomic E-state index is -0.233. The summed E-state index contributed by atoms with van der Waals surface area (Å²) >= 11 is 0. The van der Waals surface area contributed by atoms with Crippen molar-refractivity contribution in [3.05, 3.63) is 89.0 Å². The van der Waals surface area contributed by atoms with Gasteiger partial charge in [0.2, 0.25) is 0 Å². The third-order valence-corrected chi connectivity index (χ3v) is 5.09. The molecule has 0 amide bonds. The molecular formula is C23H21FN2. The van der Waals surface area contributed by atoms with E-state index < -0.39 is 0 Å². The lowest BCUT2D eigenvalue weighted by atomic mass is 10.1. The van der Waals surface area contributed by atoms with Crippen LogP contribution >= 0.6 is 0 Å². The summed E-state index contributed by atoms with van der Waals surface area (Å²) in [6.45, 7) is 7.21. The monoisotopic (exact) mass is 344 g/mol. The van der Waals surface area contributed by atoms with Gasteiger partial charge in [0, 0.05) is 29.4 Å². The Hall–Kier alpha value is -2.94. The highest BCUT2D eigenvalue weighted by Gasteiger charge is 2.16. The molecule has 0 unspecified atom stereocenters. The Kier molecular flexibility index (Phi) is 4.08. The van der Waals surface area contributed by atoms with Crippen LogP contribution in [-0.2, 0) is 6.54 Å². The van der Waals surface area contributed by atoms with Crippen molar-refractivity contribution in [3.63, 3.8) is 0 Å². The highest BCUT2D eigenvalue weighted by Crippen LogP contribution is 2.33. The molecule has 0 spiro atoms. The zero-order valence-corrected chi connectivity index (χ0v) is 15.3. The zero-order valence-electron chi connectivity index (χ0n) is 15.3. The van der Waals surface area contributed by atoms with Gasteiger partial charge >= 0.3 is 0 Å². The fourth-order valence-electron chi connectivity index (χ4n) is 3.60. The van der Waals surface area contributed by atoms with Crippen molar-refractivity contribution >= 4 is 10.9 Å². The standard InChI is InChI=1S/C23H21FN2/c1-15-5-4-6-18(13-15)14-26-17(3)16(2)21-11-12-25-22(23(21)26)19-7-9-20(24)10-8-19/h4-13H,14H2,1-3H3. The second kappa shape index (κ2) is 6.41. The summed E-state index contributed by atoms with van der Waals surface area (Å²) in [6.07, 6.45) is 1.84. The van der Waals surface area contributed by atoms with Gasteiger partial charge in [0.1, 0.15) is 5.82 Å². The molecule has 2 aromatic carbocycles. The lowest BCUT2D eigenvalue weighted by Gasteiger charge is -2.12. The van der Waals surface area contributed by atoms with Crippen LogP contribution in [0.4, 0.5) is 4.39 Å². The molecule has 4 aromatic rings. The molecule has 0 radical (unpaired) electrons. The first-order valence-corrected chi connectivity index (χ1v) is 8.80. The number of nitrogens with zero attached hydrogens (tertiary/aromatic N) is 2. The van der Waals surface area contributed by atoms with Crippen molar-refractivity contribution in [2.45, 2.75) is 27.3 Å². The Labute approximate surface area is 152 Å². The number of pyridine rings is 1. The molecule has 0 N–H and O–H groups in total. The average Bonchev–Trinajstić information content (AvgIpc) is 2.88. The zero-order chi connectivity index (χ0) is 18.3. The Bertz CT molecular complexity index is 1090. The summed E-state index contributed by atoms with van der Waals surface area (Å²) in [5.41, 5.74) is 7.95. The Morgan fingerprint density at radius 2 is 1.73 bits per heavy atom. The van der Waals surface area contributed by atoms with Crippen LogP contribution in [0.15, 0.2) is 60.8 Å². The maximum absolute atomic E-state index is 13.4. The van der Waals surface area contributed by atoms with E-state index in [2.05, 4.69) is 60.7 Å². The summed E-state index contributed by atoms with van der Waals surface area (Å²) in [6, 6.07) is 17.2. The molecule has 0 aliphatic carbocycles. The first-order valence-electron chi connectivity index (χ1n) is 8.80. The Morgan fingerprint density at radius 3 is 2.46 bits per heavy atom. The smallest absolute Gasteiger partial charge is 0.123 e. The van der Waals surface area contributed by atoms with E-state index >= 15 is 0 Å². The van der Waals surface area contributed by atoms with E-state index in [1.807, 2.05) is 6.20 Å². The fraction of sp³-hybridized carbons (Fsp3) is 0.174. The van der Waals surface area contributed by atoms with Crippen LogP contribution in [0.5, 0.6) is 0 Å². The van der Waals surface area contributed by atoms with Crippen LogP contribution in [0.1, 0.15) is 22.4 Å². The SMILES string of the molecule is Cc1cccc(Cn2c(C)c(C)c3ccnc(-c4ccc(F)cc4)c32)c1. The van der Waals surface area contributed by atoms with Crippen molar-refractivity contribution < 1.29 is 4.39 Å². The molecule has 2 aromatic heterocycles. The summed E-state index contributed by atoms with van der Waals surface area (Å²) in [5, 5.41) is 1.20. The second-order valence-electron chi connectivity index (χ2n) is 6.85. The highest BCUT2D eigenvalue weighted by atomic mass is 19.1. The van der Waals surface area contributed by atoms with Gasteiger partial charge in [-0.3, -0.25) is 4.98 Å². The summed E-state index contributed by atoms with van der Waals surface area (Å²) in [4.78, 5) is 4.64. The quantitative estimate of drug-likeness (QED) is 0.458. The van der Waals surface area contributed by atoms with Crippen LogP contribution in [0.25, 0.3) is 22.2 Å². The summed E-state index contributed by atoms with van der Waals surface area (Å²) < 4.78 is 15.7. The van der Waals surface area contributed by atoms with Gasteiger partial charge in [0.15, 0.2) is 0 Å². The normalized spacial score (nSPS) is 11.2. The first-order chi connectivity index (χ1) is 12.5. The summed E-state index contributed by atoms with van der Waals surface area (Å²) in [7, 11) is 0. The van der Waals surface area contributed by atoms with Gasteiger partial charge in [-0.15, -0.1) is 0 Å². The average molecular weight is 344 g/mol. The summed E-state index contributed by atoms with van der Waals surface area (Å²) in [5.74, 6) is -0.233. The van der Waals surface area contributed by atoms with E-state index in [0.717, 1.165) is 23.3 Å². The van der Waals surface area contributed by atoms with Crippen molar-refractivity contribution in [2.24, 2.45) is 0 Å². The van der Waals surface area contributed by atoms with Crippen LogP contribution in [0.2, 0.25) is 0 Å². The van der Waals surface area contributed by atoms with Gasteiger partial charge in [-0.05, 0) is 62.2 Å². The number of aryl methyl sites for hydroxylation is 2. The number of rotatable bonds is 3. The topological polar surface area (TPSA) is 17.8 Å². The number of halogens is 1. The lowest BCUT2D eigenvalue weighted by Crippen LogP contribution is -2.03. The molecule has 3 heteroatoms. The third-order valence-electron chi connectivity index (χ3n) is 5.09. The number of benzene rings is 2. The Morgan fingerprint density at radius 1 is 0.962 bits per heavy atom. The maximum atomic E-state index is 13.4. The molecule has 0 saturated heterocycles. The maximum Gasteiger partial charge on any atom is 0.123 e. The van der Waals surface area contributed by atoms with Crippen molar-refractivity contribution in [1.82, 2.24) is 9.55 Å². The van der Waals surface area contributed by atoms with Gasteiger partial charge in [-0.25, -0.2) is 4.39 Å². The van der Waals surface area contributed by atoms with Gasteiger partial charge < -0.3 is 4.57 Å². The molecule has 0 bridgehead atoms. The van der Waals surface area contributed by atoms with Gasteiger partial charge in [0.05, 0.1) is 11.2 Å². The fourth-order valence-corrected chi connectivity index (χ4v) is 3.60. The molecule has 4 rings (SSSR count). The molecule has 0 fully saturated rings. The highest BCUT2D eigenvalue weighted by molar-refractivity contribution is 5.95. The Balaban J connectivity index is 1.94. The van der Waals surface area contributed by atoms with Crippen molar-refractivity contribution in [3.8, 4) is 11.3 Å². The minimum absolute atomic E-state index is 0.233. The number of fused-ring (bicyclic) bond motifs is 1. The third kappa shape index (κ3) is 2.80. The van der Waals surface area contributed by atoms with Crippen molar-refractivity contribution in [2.75, 3.05) is 0 Å². The van der Waals surface area contributed by atoms with Crippen molar-refractivity contribution in [1.29, 1.82) is 0 Å². The number of hydrogen-bond acceptors (Lipinski definition) is 1. The molecule has 0 saturated carbocycles. The van der Waals surface area contributed by atoms with E-state index in [9.17, 15) is 4.39 Å². The minimum Gasteiger partial charge on any atom is -0.338 e. The van der Waals surface area contributed by atoms with E-state index in [-0.39, 0.29) is 5.82 Å². The van der Waals surface area contributed by atoms with E-state index in [0.29, 0.717) is 0 Å². The van der Waals surface area contributed by atoms with Gasteiger partial charge in [0.25, 0.3) is 0 Å². The molecule has 0 aliphatic heterocycles. The largest absolute Gasteiger partial charge is 0.338 e. The molecule has 2 heterocycles. The lowest BCUT2D eigenvalue weighted by molar-refractivity contribution is 0.628. The molecular weight excluding hydrogens is 323 g/mol. The molecule has 2 nitrogen and oxygen atoms in total. The molecule has 130 valence electrons. The molecule has 26 heavy (non-hydrogen) atoms. The van der Waals surface area contributed by atoms with E-state index in [1.54, 1.807) is 12.1 Å².